The molecule has 7 nitrogen and oxygen atoms in total. The number of nitrogens with one attached hydrogen (secondary N) is 1. The van der Waals surface area contributed by atoms with Crippen LogP contribution in [0.3, 0.4) is 0 Å². The Balaban J connectivity index is 1.54. The molecule has 0 aliphatic carbocycles. The summed E-state index contributed by atoms with van der Waals surface area (Å²) in [6.07, 6.45) is 1.05. The fourth-order valence-corrected chi connectivity index (χ4v) is 4.63. The van der Waals surface area contributed by atoms with E-state index in [-0.39, 0.29) is 11.8 Å². The Bertz CT molecular complexity index is 850. The van der Waals surface area contributed by atoms with Crippen LogP contribution in [-0.2, 0) is 28.4 Å². The number of aromatic nitrogens is 2. The number of rotatable bonds is 5. The molecule has 3 rings (SSSR count). The third-order valence-electron chi connectivity index (χ3n) is 4.81. The summed E-state index contributed by atoms with van der Waals surface area (Å²) in [5.41, 5.74) is 1.86. The molecular formula is C18H24N4O3S. The van der Waals surface area contributed by atoms with Crippen molar-refractivity contribution in [1.29, 1.82) is 0 Å². The lowest BCUT2D eigenvalue weighted by Gasteiger charge is -2.30. The lowest BCUT2D eigenvalue weighted by molar-refractivity contribution is -0.126. The molecule has 1 aliphatic rings. The van der Waals surface area contributed by atoms with Crippen LogP contribution in [0.1, 0.15) is 24.2 Å². The van der Waals surface area contributed by atoms with Crippen LogP contribution < -0.4 is 5.32 Å². The van der Waals surface area contributed by atoms with Crippen molar-refractivity contribution >= 4 is 15.9 Å². The highest BCUT2D eigenvalue weighted by Crippen LogP contribution is 2.23. The van der Waals surface area contributed by atoms with Crippen molar-refractivity contribution in [3.05, 3.63) is 47.8 Å². The van der Waals surface area contributed by atoms with Gasteiger partial charge in [0.15, 0.2) is 0 Å². The zero-order valence-electron chi connectivity index (χ0n) is 15.1. The summed E-state index contributed by atoms with van der Waals surface area (Å²) in [7, 11) is -1.61. The van der Waals surface area contributed by atoms with Gasteiger partial charge in [-0.05, 0) is 38.0 Å². The Morgan fingerprint density at radius 3 is 2.46 bits per heavy atom. The van der Waals surface area contributed by atoms with Gasteiger partial charge >= 0.3 is 0 Å². The summed E-state index contributed by atoms with van der Waals surface area (Å²) < 4.78 is 28.5. The van der Waals surface area contributed by atoms with Crippen molar-refractivity contribution in [3.8, 4) is 0 Å². The van der Waals surface area contributed by atoms with Crippen LogP contribution in [0.5, 0.6) is 0 Å². The van der Waals surface area contributed by atoms with Gasteiger partial charge in [0.2, 0.25) is 15.9 Å². The van der Waals surface area contributed by atoms with Crippen LogP contribution >= 0.6 is 0 Å². The highest BCUT2D eigenvalue weighted by Gasteiger charge is 2.31. The van der Waals surface area contributed by atoms with E-state index in [4.69, 9.17) is 0 Å². The molecule has 1 amide bonds. The Labute approximate surface area is 154 Å². The van der Waals surface area contributed by atoms with Gasteiger partial charge in [-0.15, -0.1) is 0 Å². The standard InChI is InChI=1S/C18H24N4O3S/c1-14-12-16(20-21(14)2)13-19-18(23)15-8-10-22(11-9-15)26(24,25)17-6-4-3-5-7-17/h3-7,12,15H,8-11,13H2,1-2H3,(H,19,23). The van der Waals surface area contributed by atoms with Gasteiger partial charge in [-0.3, -0.25) is 9.48 Å². The summed E-state index contributed by atoms with van der Waals surface area (Å²) >= 11 is 0. The number of carbonyl (C=O) groups is 1. The second-order valence-electron chi connectivity index (χ2n) is 6.61. The van der Waals surface area contributed by atoms with Crippen LogP contribution in [0.25, 0.3) is 0 Å². The van der Waals surface area contributed by atoms with Crippen molar-refractivity contribution in [1.82, 2.24) is 19.4 Å². The molecule has 26 heavy (non-hydrogen) atoms. The number of hydrogen-bond acceptors (Lipinski definition) is 4. The third-order valence-corrected chi connectivity index (χ3v) is 6.73. The van der Waals surface area contributed by atoms with Crippen molar-refractivity contribution in [2.45, 2.75) is 31.2 Å². The molecule has 0 bridgehead atoms. The zero-order chi connectivity index (χ0) is 18.7. The van der Waals surface area contributed by atoms with E-state index in [2.05, 4.69) is 10.4 Å². The van der Waals surface area contributed by atoms with Gasteiger partial charge in [-0.1, -0.05) is 18.2 Å². The maximum atomic E-state index is 12.6. The Morgan fingerprint density at radius 1 is 1.23 bits per heavy atom. The highest BCUT2D eigenvalue weighted by atomic mass is 32.2. The van der Waals surface area contributed by atoms with E-state index >= 15 is 0 Å². The second-order valence-corrected chi connectivity index (χ2v) is 8.55. The van der Waals surface area contributed by atoms with Gasteiger partial charge in [-0.25, -0.2) is 8.42 Å². The van der Waals surface area contributed by atoms with Crippen LogP contribution in [0.4, 0.5) is 0 Å². The molecule has 0 radical (unpaired) electrons. The SMILES string of the molecule is Cc1cc(CNC(=O)C2CCN(S(=O)(=O)c3ccccc3)CC2)nn1C. The normalized spacial score (nSPS) is 16.5. The lowest BCUT2D eigenvalue weighted by atomic mass is 9.97. The number of aryl methyl sites for hydroxylation is 2. The molecule has 0 saturated carbocycles. The Morgan fingerprint density at radius 2 is 1.88 bits per heavy atom. The first-order valence-corrected chi connectivity index (χ1v) is 10.1. The molecule has 140 valence electrons. The minimum Gasteiger partial charge on any atom is -0.350 e. The fourth-order valence-electron chi connectivity index (χ4n) is 3.14. The monoisotopic (exact) mass is 376 g/mol. The van der Waals surface area contributed by atoms with E-state index in [1.165, 1.54) is 4.31 Å². The number of carbonyl (C=O) groups excluding carboxylic acids is 1. The number of piperidine rings is 1. The van der Waals surface area contributed by atoms with Gasteiger partial charge in [-0.2, -0.15) is 9.40 Å². The van der Waals surface area contributed by atoms with Crippen LogP contribution in [0.15, 0.2) is 41.3 Å². The van der Waals surface area contributed by atoms with Crippen LogP contribution in [0.2, 0.25) is 0 Å². The van der Waals surface area contributed by atoms with E-state index in [9.17, 15) is 13.2 Å². The maximum absolute atomic E-state index is 12.6. The first-order valence-electron chi connectivity index (χ1n) is 8.70. The second kappa shape index (κ2) is 7.59. The third kappa shape index (κ3) is 3.96. The summed E-state index contributed by atoms with van der Waals surface area (Å²) in [5, 5.41) is 7.23. The van der Waals surface area contributed by atoms with E-state index < -0.39 is 10.0 Å². The molecule has 1 aromatic carbocycles. The van der Waals surface area contributed by atoms with Crippen molar-refractivity contribution < 1.29 is 13.2 Å². The van der Waals surface area contributed by atoms with E-state index in [0.717, 1.165) is 11.4 Å². The average Bonchev–Trinajstić information content (AvgIpc) is 2.98. The molecule has 2 aromatic rings. The summed E-state index contributed by atoms with van der Waals surface area (Å²) in [6, 6.07) is 10.4. The fraction of sp³-hybridized carbons (Fsp3) is 0.444. The first-order chi connectivity index (χ1) is 12.4. The number of benzene rings is 1. The molecule has 1 fully saturated rings. The molecule has 8 heteroatoms. The van der Waals surface area contributed by atoms with Gasteiger partial charge in [0.05, 0.1) is 17.1 Å². The smallest absolute Gasteiger partial charge is 0.243 e. The van der Waals surface area contributed by atoms with Crippen molar-refractivity contribution in [2.24, 2.45) is 13.0 Å². The molecule has 1 N–H and O–H groups in total. The predicted molar refractivity (Wildman–Crippen MR) is 97.7 cm³/mol. The van der Waals surface area contributed by atoms with Gasteiger partial charge in [0.1, 0.15) is 0 Å². The van der Waals surface area contributed by atoms with Crippen LogP contribution in [0, 0.1) is 12.8 Å². The van der Waals surface area contributed by atoms with E-state index in [1.54, 1.807) is 35.0 Å². The Kier molecular flexibility index (Phi) is 5.43. The molecule has 1 aromatic heterocycles. The topological polar surface area (TPSA) is 84.3 Å². The first kappa shape index (κ1) is 18.6. The summed E-state index contributed by atoms with van der Waals surface area (Å²) in [5.74, 6) is -0.202. The molecule has 0 spiro atoms. The van der Waals surface area contributed by atoms with E-state index in [0.29, 0.717) is 37.4 Å². The van der Waals surface area contributed by atoms with Crippen LogP contribution in [-0.4, -0.2) is 41.5 Å². The van der Waals surface area contributed by atoms with Crippen molar-refractivity contribution in [3.63, 3.8) is 0 Å². The maximum Gasteiger partial charge on any atom is 0.243 e. The van der Waals surface area contributed by atoms with Gasteiger partial charge in [0.25, 0.3) is 0 Å². The lowest BCUT2D eigenvalue weighted by Crippen LogP contribution is -2.42. The van der Waals surface area contributed by atoms with Crippen molar-refractivity contribution in [2.75, 3.05) is 13.1 Å². The molecule has 0 atom stereocenters. The zero-order valence-corrected chi connectivity index (χ0v) is 15.9. The quantitative estimate of drug-likeness (QED) is 0.856. The average molecular weight is 376 g/mol. The highest BCUT2D eigenvalue weighted by molar-refractivity contribution is 7.89. The largest absolute Gasteiger partial charge is 0.350 e. The minimum atomic E-state index is -3.48. The minimum absolute atomic E-state index is 0.0370. The molecule has 1 aliphatic heterocycles. The van der Waals surface area contributed by atoms with Gasteiger partial charge in [0, 0.05) is 31.7 Å². The molecule has 1 saturated heterocycles. The number of amides is 1. The Hall–Kier alpha value is -2.19. The number of nitrogens with zero attached hydrogens (tertiary/aromatic N) is 3. The number of sulfonamides is 1. The molecule has 0 unspecified atom stereocenters. The molecule has 2 heterocycles. The molecular weight excluding hydrogens is 352 g/mol. The summed E-state index contributed by atoms with van der Waals surface area (Å²) in [4.78, 5) is 12.7. The van der Waals surface area contributed by atoms with E-state index in [1.807, 2.05) is 20.0 Å². The van der Waals surface area contributed by atoms with Gasteiger partial charge < -0.3 is 5.32 Å². The summed E-state index contributed by atoms with van der Waals surface area (Å²) in [6.45, 7) is 3.07. The predicted octanol–water partition coefficient (Wildman–Crippen LogP) is 1.45. The number of hydrogen-bond donors (Lipinski definition) is 1.